The van der Waals surface area contributed by atoms with Crippen LogP contribution >= 0.6 is 0 Å². The van der Waals surface area contributed by atoms with Crippen LogP contribution in [0.5, 0.6) is 0 Å². The Labute approximate surface area is 383 Å². The molecule has 306 valence electrons. The highest BCUT2D eigenvalue weighted by Gasteiger charge is 2.24. The lowest BCUT2D eigenvalue weighted by Gasteiger charge is -2.24. The van der Waals surface area contributed by atoms with Crippen LogP contribution in [0, 0.1) is 0 Å². The van der Waals surface area contributed by atoms with Crippen molar-refractivity contribution in [3.8, 4) is 101 Å². The van der Waals surface area contributed by atoms with Crippen molar-refractivity contribution in [3.05, 3.63) is 237 Å². The number of nitrogens with zero attached hydrogens (tertiary/aromatic N) is 3. The Balaban J connectivity index is 1.10. The van der Waals surface area contributed by atoms with Crippen molar-refractivity contribution in [1.29, 1.82) is 0 Å². The van der Waals surface area contributed by atoms with Gasteiger partial charge in [0, 0.05) is 16.7 Å². The molecule has 1 aromatic heterocycles. The molecule has 0 unspecified atom stereocenters. The first kappa shape index (κ1) is 37.7. The summed E-state index contributed by atoms with van der Waals surface area (Å²) in [7, 11) is 0. The van der Waals surface area contributed by atoms with E-state index in [1.54, 1.807) is 0 Å². The summed E-state index contributed by atoms with van der Waals surface area (Å²) in [6.45, 7) is 0. The van der Waals surface area contributed by atoms with Crippen molar-refractivity contribution in [1.82, 2.24) is 15.0 Å². The Morgan fingerprint density at radius 2 is 0.576 bits per heavy atom. The first-order chi connectivity index (χ1) is 32.7. The number of hydrogen-bond donors (Lipinski definition) is 0. The zero-order chi connectivity index (χ0) is 43.6. The molecule has 66 heavy (non-hydrogen) atoms. The van der Waals surface area contributed by atoms with Gasteiger partial charge in [0.05, 0.1) is 0 Å². The average molecular weight is 838 g/mol. The molecule has 0 saturated carbocycles. The van der Waals surface area contributed by atoms with Crippen LogP contribution < -0.4 is 0 Å². The van der Waals surface area contributed by atoms with Crippen LogP contribution in [0.15, 0.2) is 237 Å². The molecule has 13 rings (SSSR count). The predicted molar refractivity (Wildman–Crippen MR) is 275 cm³/mol. The van der Waals surface area contributed by atoms with E-state index in [9.17, 15) is 0 Å². The molecule has 0 fully saturated rings. The standard InChI is InChI=1S/C63H39N3/c1-3-18-41(19-4-1)61-64-62(42-20-5-2-6-21-42)66-63(65-61)46-34-36-56-58(39-46)60(44-32-31-40-17-7-8-22-43(40)37-44)55-30-16-15-29-54(55)59(56)45-33-35-53-51-27-12-11-25-49(51)47-23-9-10-24-48(47)50-26-13-14-28-52(50)57(53)38-45/h1-39H. The number of benzene rings is 11. The van der Waals surface area contributed by atoms with E-state index < -0.39 is 0 Å². The molecule has 0 spiro atoms. The van der Waals surface area contributed by atoms with Crippen molar-refractivity contribution in [2.75, 3.05) is 0 Å². The van der Waals surface area contributed by atoms with Crippen molar-refractivity contribution in [2.45, 2.75) is 0 Å². The quantitative estimate of drug-likeness (QED) is 0.162. The van der Waals surface area contributed by atoms with Gasteiger partial charge >= 0.3 is 0 Å². The van der Waals surface area contributed by atoms with E-state index in [1.165, 1.54) is 77.2 Å². The van der Waals surface area contributed by atoms with Crippen LogP contribution in [0.4, 0.5) is 0 Å². The molecule has 1 aliphatic rings. The minimum atomic E-state index is 0.625. The van der Waals surface area contributed by atoms with E-state index in [4.69, 9.17) is 15.0 Å². The van der Waals surface area contributed by atoms with E-state index in [-0.39, 0.29) is 0 Å². The molecule has 0 amide bonds. The summed E-state index contributed by atoms with van der Waals surface area (Å²) in [4.78, 5) is 15.4. The topological polar surface area (TPSA) is 38.7 Å². The van der Waals surface area contributed by atoms with E-state index in [1.807, 2.05) is 36.4 Å². The van der Waals surface area contributed by atoms with Crippen LogP contribution in [0.3, 0.4) is 0 Å². The van der Waals surface area contributed by atoms with Gasteiger partial charge in [-0.2, -0.15) is 0 Å². The fourth-order valence-electron chi connectivity index (χ4n) is 10.2. The highest BCUT2D eigenvalue weighted by molar-refractivity contribution is 6.22. The van der Waals surface area contributed by atoms with Crippen LogP contribution in [0.2, 0.25) is 0 Å². The molecule has 12 aromatic rings. The third-order valence-corrected chi connectivity index (χ3v) is 13.3. The Bertz CT molecular complexity index is 3810. The molecule has 0 radical (unpaired) electrons. The maximum atomic E-state index is 5.19. The molecule has 1 aliphatic carbocycles. The third-order valence-electron chi connectivity index (χ3n) is 13.3. The fraction of sp³-hybridized carbons (Fsp3) is 0. The first-order valence-electron chi connectivity index (χ1n) is 22.5. The van der Waals surface area contributed by atoms with Gasteiger partial charge in [-0.25, -0.2) is 15.0 Å². The third kappa shape index (κ3) is 6.24. The van der Waals surface area contributed by atoms with E-state index in [0.717, 1.165) is 38.6 Å². The monoisotopic (exact) mass is 837 g/mol. The lowest BCUT2D eigenvalue weighted by atomic mass is 9.79. The van der Waals surface area contributed by atoms with Gasteiger partial charge < -0.3 is 0 Å². The van der Waals surface area contributed by atoms with Gasteiger partial charge in [-0.05, 0) is 117 Å². The zero-order valence-corrected chi connectivity index (χ0v) is 35.9. The summed E-state index contributed by atoms with van der Waals surface area (Å²) in [5.41, 5.74) is 17.3. The number of fused-ring (bicyclic) bond motifs is 11. The lowest BCUT2D eigenvalue weighted by molar-refractivity contribution is 1.07. The summed E-state index contributed by atoms with van der Waals surface area (Å²) in [5, 5.41) is 7.08. The van der Waals surface area contributed by atoms with E-state index >= 15 is 0 Å². The largest absolute Gasteiger partial charge is 0.208 e. The van der Waals surface area contributed by atoms with Gasteiger partial charge in [0.15, 0.2) is 17.5 Å². The van der Waals surface area contributed by atoms with Crippen molar-refractivity contribution in [2.24, 2.45) is 0 Å². The maximum absolute atomic E-state index is 5.19. The number of aromatic nitrogens is 3. The molecule has 0 saturated heterocycles. The minimum Gasteiger partial charge on any atom is -0.208 e. The number of rotatable bonds is 5. The summed E-state index contributed by atoms with van der Waals surface area (Å²) in [6, 6.07) is 85.3. The highest BCUT2D eigenvalue weighted by atomic mass is 15.0. The maximum Gasteiger partial charge on any atom is 0.164 e. The second-order valence-electron chi connectivity index (χ2n) is 17.1. The van der Waals surface area contributed by atoms with Gasteiger partial charge in [-0.1, -0.05) is 218 Å². The number of hydrogen-bond acceptors (Lipinski definition) is 3. The van der Waals surface area contributed by atoms with Gasteiger partial charge in [0.25, 0.3) is 0 Å². The van der Waals surface area contributed by atoms with Crippen molar-refractivity contribution in [3.63, 3.8) is 0 Å². The van der Waals surface area contributed by atoms with Gasteiger partial charge in [-0.3, -0.25) is 0 Å². The van der Waals surface area contributed by atoms with Crippen molar-refractivity contribution >= 4 is 32.3 Å². The molecule has 0 aliphatic heterocycles. The lowest BCUT2D eigenvalue weighted by Crippen LogP contribution is -2.00. The summed E-state index contributed by atoms with van der Waals surface area (Å²) in [6.07, 6.45) is 0. The molecular formula is C63H39N3. The predicted octanol–water partition coefficient (Wildman–Crippen LogP) is 16.6. The van der Waals surface area contributed by atoms with E-state index in [0.29, 0.717) is 17.5 Å². The molecule has 3 nitrogen and oxygen atoms in total. The first-order valence-corrected chi connectivity index (χ1v) is 22.5. The van der Waals surface area contributed by atoms with Gasteiger partial charge in [-0.15, -0.1) is 0 Å². The molecule has 1 heterocycles. The summed E-state index contributed by atoms with van der Waals surface area (Å²) in [5.74, 6) is 1.90. The smallest absolute Gasteiger partial charge is 0.164 e. The van der Waals surface area contributed by atoms with Gasteiger partial charge in [0.1, 0.15) is 0 Å². The second kappa shape index (κ2) is 15.5. The average Bonchev–Trinajstić information content (AvgIpc) is 3.39. The van der Waals surface area contributed by atoms with Crippen LogP contribution in [0.1, 0.15) is 0 Å². The molecular weight excluding hydrogens is 799 g/mol. The molecule has 0 atom stereocenters. The van der Waals surface area contributed by atoms with Crippen LogP contribution in [-0.2, 0) is 0 Å². The summed E-state index contributed by atoms with van der Waals surface area (Å²) >= 11 is 0. The SMILES string of the molecule is c1ccc(-c2nc(-c3ccccc3)nc(-c3ccc4c(-c5ccc6c(c5)-c5ccccc5-c5ccccc5-c5ccccc5-6)c5ccccc5c(-c5ccc6ccccc6c5)c4c3)n2)cc1. The van der Waals surface area contributed by atoms with Crippen LogP contribution in [-0.4, -0.2) is 15.0 Å². The molecule has 3 heteroatoms. The molecule has 11 aromatic carbocycles. The zero-order valence-electron chi connectivity index (χ0n) is 35.9. The Hall–Kier alpha value is -8.79. The van der Waals surface area contributed by atoms with E-state index in [2.05, 4.69) is 200 Å². The normalized spacial score (nSPS) is 11.6. The fourth-order valence-corrected chi connectivity index (χ4v) is 10.2. The Morgan fingerprint density at radius 1 is 0.197 bits per heavy atom. The Morgan fingerprint density at radius 3 is 1.14 bits per heavy atom. The van der Waals surface area contributed by atoms with Crippen LogP contribution in [0.25, 0.3) is 133 Å². The molecule has 0 N–H and O–H groups in total. The molecule has 0 bridgehead atoms. The second-order valence-corrected chi connectivity index (χ2v) is 17.1. The summed E-state index contributed by atoms with van der Waals surface area (Å²) < 4.78 is 0. The minimum absolute atomic E-state index is 0.625. The highest BCUT2D eigenvalue weighted by Crippen LogP contribution is 2.51. The Kier molecular flexibility index (Phi) is 8.85. The van der Waals surface area contributed by atoms with Gasteiger partial charge in [0.2, 0.25) is 0 Å². The van der Waals surface area contributed by atoms with Crippen molar-refractivity contribution < 1.29 is 0 Å².